The molecule has 8 heterocycles. The molecule has 4 fully saturated rings. The van der Waals surface area contributed by atoms with E-state index >= 15 is 8.78 Å². The minimum atomic E-state index is -0.697. The third-order valence-electron chi connectivity index (χ3n) is 13.5. The molecular weight excluding hydrogens is 945 g/mol. The SMILES string of the molecule is Cc1c(N2CCN(C(=O)OC(C)(C)C)C[C@H]2C)nc2cc(F)cc(F)c2c1Nc1cncc(N2CCOCC2)c1.Cc1c(N2CCNC[C@H]2C)nc2cc(F)cc(F)c2c1Nc1cncc(N2CCOCC2)c1. The Morgan fingerprint density at radius 1 is 0.658 bits per heavy atom. The second kappa shape index (κ2) is 21.8. The molecule has 4 aliphatic heterocycles. The van der Waals surface area contributed by atoms with Gasteiger partial charge in [-0.2, -0.15) is 0 Å². The van der Waals surface area contributed by atoms with E-state index in [-0.39, 0.29) is 34.5 Å². The van der Waals surface area contributed by atoms with E-state index < -0.39 is 28.9 Å². The predicted octanol–water partition coefficient (Wildman–Crippen LogP) is 8.84. The van der Waals surface area contributed by atoms with Crippen molar-refractivity contribution in [3.05, 3.63) is 95.6 Å². The van der Waals surface area contributed by atoms with Crippen LogP contribution >= 0.6 is 0 Å². The van der Waals surface area contributed by atoms with Gasteiger partial charge in [0.05, 0.1) is 107 Å². The molecule has 0 bridgehead atoms. The highest BCUT2D eigenvalue weighted by Crippen LogP contribution is 2.40. The van der Waals surface area contributed by atoms with Crippen LogP contribution in [0.15, 0.2) is 61.2 Å². The summed E-state index contributed by atoms with van der Waals surface area (Å²) in [4.78, 5) is 41.3. The number of carbonyl (C=O) groups is 1. The van der Waals surface area contributed by atoms with Crippen molar-refractivity contribution in [1.29, 1.82) is 0 Å². The summed E-state index contributed by atoms with van der Waals surface area (Å²) < 4.78 is 75.2. The first-order valence-electron chi connectivity index (χ1n) is 24.9. The van der Waals surface area contributed by atoms with Gasteiger partial charge in [-0.25, -0.2) is 32.3 Å². The number of ether oxygens (including phenoxy) is 3. The number of rotatable bonds is 8. The summed E-state index contributed by atoms with van der Waals surface area (Å²) in [5.41, 5.74) is 5.85. The molecule has 4 saturated heterocycles. The van der Waals surface area contributed by atoms with Crippen LogP contribution in [-0.4, -0.2) is 140 Å². The Labute approximate surface area is 423 Å². The first-order valence-corrected chi connectivity index (χ1v) is 24.9. The zero-order valence-corrected chi connectivity index (χ0v) is 42.5. The van der Waals surface area contributed by atoms with E-state index in [4.69, 9.17) is 24.2 Å². The number of benzene rings is 2. The highest BCUT2D eigenvalue weighted by Gasteiger charge is 2.33. The number of nitrogens with zero attached hydrogens (tertiary/aromatic N) is 9. The van der Waals surface area contributed by atoms with Gasteiger partial charge in [-0.1, -0.05) is 0 Å². The Morgan fingerprint density at radius 3 is 1.59 bits per heavy atom. The summed E-state index contributed by atoms with van der Waals surface area (Å²) in [6.07, 6.45) is 6.64. The van der Waals surface area contributed by atoms with Gasteiger partial charge in [0.25, 0.3) is 0 Å². The number of hydrogen-bond acceptors (Lipinski definition) is 15. The number of piperazine rings is 2. The van der Waals surface area contributed by atoms with Crippen molar-refractivity contribution in [3.63, 3.8) is 0 Å². The molecule has 4 aliphatic rings. The number of anilines is 8. The molecule has 2 atom stereocenters. The minimum Gasteiger partial charge on any atom is -0.444 e. The second-order valence-electron chi connectivity index (χ2n) is 20.0. The van der Waals surface area contributed by atoms with Crippen molar-refractivity contribution >= 4 is 73.7 Å². The lowest BCUT2D eigenvalue weighted by atomic mass is 10.1. The molecule has 0 unspecified atom stereocenters. The van der Waals surface area contributed by atoms with E-state index in [9.17, 15) is 13.6 Å². The molecular formula is C53H64F4N12O4. The van der Waals surface area contributed by atoms with Gasteiger partial charge in [0, 0.05) is 113 Å². The molecule has 73 heavy (non-hydrogen) atoms. The lowest BCUT2D eigenvalue weighted by Gasteiger charge is -2.41. The average Bonchev–Trinajstić information content (AvgIpc) is 3.36. The topological polar surface area (TPSA) is 149 Å². The van der Waals surface area contributed by atoms with Crippen LogP contribution in [0.25, 0.3) is 21.8 Å². The monoisotopic (exact) mass is 1010 g/mol. The van der Waals surface area contributed by atoms with Gasteiger partial charge >= 0.3 is 6.09 Å². The van der Waals surface area contributed by atoms with Crippen molar-refractivity contribution in [1.82, 2.24) is 30.2 Å². The largest absolute Gasteiger partial charge is 0.444 e. The Balaban J connectivity index is 0.000000183. The summed E-state index contributed by atoms with van der Waals surface area (Å²) in [6, 6.07) is 8.38. The highest BCUT2D eigenvalue weighted by molar-refractivity contribution is 5.99. The fourth-order valence-corrected chi connectivity index (χ4v) is 9.85. The Bertz CT molecular complexity index is 2970. The van der Waals surface area contributed by atoms with Crippen LogP contribution in [0.3, 0.4) is 0 Å². The van der Waals surface area contributed by atoms with Crippen molar-refractivity contribution in [2.45, 2.75) is 66.2 Å². The fraction of sp³-hybridized carbons (Fsp3) is 0.453. The molecule has 0 spiro atoms. The molecule has 20 heteroatoms. The van der Waals surface area contributed by atoms with Gasteiger partial charge < -0.3 is 54.7 Å². The van der Waals surface area contributed by atoms with Crippen molar-refractivity contribution in [3.8, 4) is 0 Å². The Morgan fingerprint density at radius 2 is 1.14 bits per heavy atom. The summed E-state index contributed by atoms with van der Waals surface area (Å²) in [7, 11) is 0. The van der Waals surface area contributed by atoms with Gasteiger partial charge in [0.15, 0.2) is 0 Å². The molecule has 4 aromatic heterocycles. The second-order valence-corrected chi connectivity index (χ2v) is 20.0. The molecule has 10 rings (SSSR count). The number of fused-ring (bicyclic) bond motifs is 2. The summed E-state index contributed by atoms with van der Waals surface area (Å²) in [5.74, 6) is -1.33. The molecule has 0 radical (unpaired) electrons. The maximum Gasteiger partial charge on any atom is 0.410 e. The zero-order valence-electron chi connectivity index (χ0n) is 42.5. The first kappa shape index (κ1) is 51.1. The van der Waals surface area contributed by atoms with Gasteiger partial charge in [0.2, 0.25) is 0 Å². The lowest BCUT2D eigenvalue weighted by Crippen LogP contribution is -2.55. The molecule has 0 saturated carbocycles. The molecule has 388 valence electrons. The van der Waals surface area contributed by atoms with Crippen LogP contribution in [0, 0.1) is 37.1 Å². The first-order chi connectivity index (χ1) is 35.0. The molecule has 6 aromatic rings. The smallest absolute Gasteiger partial charge is 0.410 e. The molecule has 0 aliphatic carbocycles. The molecule has 2 aromatic carbocycles. The van der Waals surface area contributed by atoms with Crippen molar-refractivity contribution in [2.24, 2.45) is 0 Å². The van der Waals surface area contributed by atoms with Crippen LogP contribution in [-0.2, 0) is 14.2 Å². The summed E-state index contributed by atoms with van der Waals surface area (Å²) >= 11 is 0. The molecule has 1 amide bonds. The standard InChI is InChI=1S/C29H36F2N6O3.C24H28F2N6O/c1-18-17-36(28(38)40-29(3,4)5)6-7-37(18)27-19(2)26(25-23(31)12-20(30)13-24(25)34-27)33-21-14-22(16-32-15-21)35-8-10-39-11-9-35;1-15-12-27-3-4-32(15)24-16(2)23(22-20(26)9-17(25)10-21(22)30-24)29-18-11-19(14-28-13-18)31-5-7-33-8-6-31/h12-16,18H,6-11,17H2,1-5H3,(H,33,34);9-11,13-15,27H,3-8,12H2,1-2H3,(H,29,30)/t18-;15-/m11/s1. The van der Waals surface area contributed by atoms with Gasteiger partial charge in [-0.05, 0) is 60.6 Å². The maximum atomic E-state index is 15.3. The van der Waals surface area contributed by atoms with Crippen molar-refractivity contribution in [2.75, 3.05) is 122 Å². The quantitative estimate of drug-likeness (QED) is 0.125. The maximum absolute atomic E-state index is 15.3. The number of morpholine rings is 2. The van der Waals surface area contributed by atoms with Crippen LogP contribution in [0.1, 0.15) is 45.7 Å². The molecule has 16 nitrogen and oxygen atoms in total. The fourth-order valence-electron chi connectivity index (χ4n) is 9.85. The van der Waals surface area contributed by atoms with E-state index in [2.05, 4.69) is 52.4 Å². The van der Waals surface area contributed by atoms with Crippen LogP contribution in [0.5, 0.6) is 0 Å². The van der Waals surface area contributed by atoms with Crippen LogP contribution < -0.4 is 35.6 Å². The van der Waals surface area contributed by atoms with Gasteiger partial charge in [-0.3, -0.25) is 9.97 Å². The number of halogens is 4. The number of pyridine rings is 4. The highest BCUT2D eigenvalue weighted by atomic mass is 19.1. The third-order valence-corrected chi connectivity index (χ3v) is 13.5. The lowest BCUT2D eigenvalue weighted by molar-refractivity contribution is 0.0218. The normalized spacial score (nSPS) is 18.7. The number of amides is 1. The van der Waals surface area contributed by atoms with Gasteiger partial charge in [-0.15, -0.1) is 0 Å². The third kappa shape index (κ3) is 11.6. The summed E-state index contributed by atoms with van der Waals surface area (Å²) in [6.45, 7) is 23.0. The number of nitrogens with one attached hydrogen (secondary N) is 3. The number of aromatic nitrogens is 4. The Kier molecular flexibility index (Phi) is 15.2. The van der Waals surface area contributed by atoms with E-state index in [1.54, 1.807) is 23.5 Å². The average molecular weight is 1010 g/mol. The molecule has 3 N–H and O–H groups in total. The van der Waals surface area contributed by atoms with E-state index in [0.29, 0.717) is 80.0 Å². The predicted molar refractivity (Wildman–Crippen MR) is 278 cm³/mol. The van der Waals surface area contributed by atoms with Crippen molar-refractivity contribution < 1.29 is 36.6 Å². The van der Waals surface area contributed by atoms with Crippen LogP contribution in [0.2, 0.25) is 0 Å². The summed E-state index contributed by atoms with van der Waals surface area (Å²) in [5, 5.41) is 10.6. The van der Waals surface area contributed by atoms with Crippen LogP contribution in [0.4, 0.5) is 68.1 Å². The van der Waals surface area contributed by atoms with Gasteiger partial charge in [0.1, 0.15) is 40.5 Å². The number of hydrogen-bond donors (Lipinski definition) is 3. The zero-order chi connectivity index (χ0) is 51.6. The van der Waals surface area contributed by atoms with E-state index in [1.807, 2.05) is 59.9 Å². The number of carbonyl (C=O) groups excluding carboxylic acids is 1. The van der Waals surface area contributed by atoms with E-state index in [0.717, 1.165) is 86.4 Å². The Hall–Kier alpha value is -6.77. The minimum absolute atomic E-state index is 0.109. The van der Waals surface area contributed by atoms with E-state index in [1.165, 1.54) is 12.1 Å².